The fraction of sp³-hybridized carbons (Fsp3) is 0.462. The normalized spacial score (nSPS) is 26.0. The third-order valence-electron chi connectivity index (χ3n) is 7.70. The van der Waals surface area contributed by atoms with Crippen molar-refractivity contribution in [1.29, 1.82) is 0 Å². The minimum Gasteiger partial charge on any atom is -0.481 e. The van der Waals surface area contributed by atoms with Crippen LogP contribution in [-0.2, 0) is 9.59 Å². The Bertz CT molecular complexity index is 1040. The summed E-state index contributed by atoms with van der Waals surface area (Å²) in [6.45, 7) is 5.46. The van der Waals surface area contributed by atoms with Crippen LogP contribution in [0.4, 0.5) is 0 Å². The van der Waals surface area contributed by atoms with Crippen LogP contribution in [-0.4, -0.2) is 63.7 Å². The predicted molar refractivity (Wildman–Crippen MR) is 128 cm³/mol. The van der Waals surface area contributed by atoms with E-state index in [-0.39, 0.29) is 12.0 Å². The van der Waals surface area contributed by atoms with Gasteiger partial charge in [-0.3, -0.25) is 19.4 Å². The van der Waals surface area contributed by atoms with Crippen LogP contribution in [0, 0.1) is 5.92 Å². The number of piperazine rings is 1. The molecule has 1 heterocycles. The Morgan fingerprint density at radius 3 is 2.42 bits per heavy atom. The van der Waals surface area contributed by atoms with Crippen molar-refractivity contribution in [3.05, 3.63) is 70.2 Å². The molecule has 0 saturated carbocycles. The van der Waals surface area contributed by atoms with Gasteiger partial charge in [-0.05, 0) is 56.1 Å². The zero-order chi connectivity index (χ0) is 23.9. The zero-order valence-electron chi connectivity index (χ0n) is 19.2. The van der Waals surface area contributed by atoms with Gasteiger partial charge < -0.3 is 10.2 Å². The molecule has 1 aliphatic carbocycles. The summed E-state index contributed by atoms with van der Waals surface area (Å²) in [5, 5.41) is 20.3. The number of carboxylic acids is 2. The molecule has 7 heteroatoms. The van der Waals surface area contributed by atoms with Crippen molar-refractivity contribution >= 4 is 23.5 Å². The second-order valence-electron chi connectivity index (χ2n) is 9.79. The molecule has 2 N–H and O–H groups in total. The number of nitrogens with zero attached hydrogens (tertiary/aromatic N) is 2. The second-order valence-corrected chi connectivity index (χ2v) is 10.2. The highest BCUT2D eigenvalue weighted by Gasteiger charge is 2.52. The van der Waals surface area contributed by atoms with E-state index >= 15 is 0 Å². The molecular formula is C26H31ClN2O4. The van der Waals surface area contributed by atoms with E-state index in [4.69, 9.17) is 11.6 Å². The molecule has 0 amide bonds. The van der Waals surface area contributed by atoms with Crippen molar-refractivity contribution < 1.29 is 19.8 Å². The summed E-state index contributed by atoms with van der Waals surface area (Å²) in [4.78, 5) is 28.4. The van der Waals surface area contributed by atoms with E-state index in [0.717, 1.165) is 18.5 Å². The maximum absolute atomic E-state index is 12.3. The van der Waals surface area contributed by atoms with Gasteiger partial charge in [0, 0.05) is 41.7 Å². The molecule has 2 aromatic carbocycles. The maximum atomic E-state index is 12.3. The van der Waals surface area contributed by atoms with Crippen LogP contribution in [0.25, 0.3) is 0 Å². The fourth-order valence-corrected chi connectivity index (χ4v) is 6.04. The van der Waals surface area contributed by atoms with Crippen LogP contribution in [0.1, 0.15) is 55.3 Å². The van der Waals surface area contributed by atoms with E-state index in [1.165, 1.54) is 11.1 Å². The Kier molecular flexibility index (Phi) is 6.54. The first-order chi connectivity index (χ1) is 15.6. The molecule has 0 radical (unpaired) electrons. The first-order valence-electron chi connectivity index (χ1n) is 11.4. The third kappa shape index (κ3) is 4.39. The Morgan fingerprint density at radius 2 is 1.79 bits per heavy atom. The highest BCUT2D eigenvalue weighted by atomic mass is 35.5. The lowest BCUT2D eigenvalue weighted by molar-refractivity contribution is -0.157. The molecule has 4 atom stereocenters. The lowest BCUT2D eigenvalue weighted by atomic mass is 9.77. The molecule has 33 heavy (non-hydrogen) atoms. The molecule has 2 unspecified atom stereocenters. The van der Waals surface area contributed by atoms with Crippen molar-refractivity contribution in [3.8, 4) is 0 Å². The summed E-state index contributed by atoms with van der Waals surface area (Å²) >= 11 is 6.42. The number of aliphatic carboxylic acids is 2. The fourth-order valence-electron chi connectivity index (χ4n) is 5.86. The highest BCUT2D eigenvalue weighted by molar-refractivity contribution is 6.30. The van der Waals surface area contributed by atoms with Gasteiger partial charge in [0.05, 0.1) is 12.3 Å². The molecule has 0 bridgehead atoms. The molecule has 4 rings (SSSR count). The van der Waals surface area contributed by atoms with Gasteiger partial charge in [0.15, 0.2) is 0 Å². The lowest BCUT2D eigenvalue weighted by Gasteiger charge is -2.55. The van der Waals surface area contributed by atoms with Gasteiger partial charge in [0.2, 0.25) is 0 Å². The maximum Gasteiger partial charge on any atom is 0.308 e. The van der Waals surface area contributed by atoms with Crippen LogP contribution in [0.5, 0.6) is 0 Å². The van der Waals surface area contributed by atoms with Gasteiger partial charge in [-0.15, -0.1) is 0 Å². The van der Waals surface area contributed by atoms with E-state index in [1.54, 1.807) is 0 Å². The summed E-state index contributed by atoms with van der Waals surface area (Å²) in [5.41, 5.74) is 3.01. The van der Waals surface area contributed by atoms with Crippen molar-refractivity contribution in [2.75, 3.05) is 20.1 Å². The number of hydrogen-bond donors (Lipinski definition) is 2. The summed E-state index contributed by atoms with van der Waals surface area (Å²) < 4.78 is 0. The summed E-state index contributed by atoms with van der Waals surface area (Å²) in [6, 6.07) is 15.8. The molecule has 2 aromatic rings. The molecule has 2 aliphatic rings. The number of halogens is 1. The second kappa shape index (κ2) is 9.09. The van der Waals surface area contributed by atoms with Crippen LogP contribution in [0.15, 0.2) is 48.5 Å². The van der Waals surface area contributed by atoms with Gasteiger partial charge in [-0.1, -0.05) is 48.0 Å². The number of rotatable bonds is 6. The van der Waals surface area contributed by atoms with Crippen molar-refractivity contribution in [2.45, 2.75) is 50.2 Å². The number of likely N-dealkylation sites (N-methyl/N-ethyl adjacent to an activating group) is 1. The van der Waals surface area contributed by atoms with Crippen LogP contribution >= 0.6 is 11.6 Å². The van der Waals surface area contributed by atoms with Crippen molar-refractivity contribution in [2.24, 2.45) is 5.92 Å². The van der Waals surface area contributed by atoms with Crippen LogP contribution in [0.3, 0.4) is 0 Å². The lowest BCUT2D eigenvalue weighted by Crippen LogP contribution is -2.68. The monoisotopic (exact) mass is 470 g/mol. The first-order valence-corrected chi connectivity index (χ1v) is 11.7. The Hall–Kier alpha value is -2.41. The largest absolute Gasteiger partial charge is 0.481 e. The topological polar surface area (TPSA) is 81.1 Å². The molecule has 1 saturated heterocycles. The smallest absolute Gasteiger partial charge is 0.308 e. The molecule has 6 nitrogen and oxygen atoms in total. The first kappa shape index (κ1) is 23.7. The molecule has 1 fully saturated rings. The number of hydrogen-bond acceptors (Lipinski definition) is 4. The SMILES string of the molecule is CN1CCN([C@@H]2C[C@@H](c3ccccc3)c3ccc(Cl)cc32)C(C(CC(=O)O)C(=O)O)C1(C)C. The van der Waals surface area contributed by atoms with E-state index in [0.29, 0.717) is 11.6 Å². The zero-order valence-corrected chi connectivity index (χ0v) is 20.0. The Morgan fingerprint density at radius 1 is 1.09 bits per heavy atom. The Labute approximate surface area is 199 Å². The highest BCUT2D eigenvalue weighted by Crippen LogP contribution is 2.50. The quantitative estimate of drug-likeness (QED) is 0.647. The average Bonchev–Trinajstić information content (AvgIpc) is 3.13. The molecule has 0 aromatic heterocycles. The van der Waals surface area contributed by atoms with Crippen LogP contribution in [0.2, 0.25) is 5.02 Å². The van der Waals surface area contributed by atoms with Gasteiger partial charge in [0.25, 0.3) is 0 Å². The van der Waals surface area contributed by atoms with Crippen LogP contribution < -0.4 is 0 Å². The van der Waals surface area contributed by atoms with E-state index in [1.807, 2.05) is 51.2 Å². The Balaban J connectivity index is 1.81. The molecule has 0 spiro atoms. The number of benzene rings is 2. The minimum atomic E-state index is -1.09. The summed E-state index contributed by atoms with van der Waals surface area (Å²) in [5.74, 6) is -3.02. The van der Waals surface area contributed by atoms with Gasteiger partial charge in [0.1, 0.15) is 0 Å². The van der Waals surface area contributed by atoms with Gasteiger partial charge >= 0.3 is 11.9 Å². The van der Waals surface area contributed by atoms with Gasteiger partial charge in [-0.25, -0.2) is 0 Å². The molecular weight excluding hydrogens is 440 g/mol. The van der Waals surface area contributed by atoms with E-state index in [2.05, 4.69) is 28.0 Å². The predicted octanol–water partition coefficient (Wildman–Crippen LogP) is 4.49. The molecule has 176 valence electrons. The number of carbonyl (C=O) groups is 2. The average molecular weight is 471 g/mol. The minimum absolute atomic E-state index is 0.0440. The standard InChI is InChI=1S/C26H31ClN2O4/c1-26(2)24(21(25(32)33)15-23(30)31)29(12-11-28(26)3)22-14-19(16-7-5-4-6-8-16)18-10-9-17(27)13-20(18)22/h4-10,13,19,21-22,24H,11-12,14-15H2,1-3H3,(H,30,31)(H,32,33)/t19-,21?,22+,24?/m0/s1. The van der Waals surface area contributed by atoms with E-state index < -0.39 is 35.9 Å². The number of carboxylic acid groups (broad SMARTS) is 2. The van der Waals surface area contributed by atoms with E-state index in [9.17, 15) is 19.8 Å². The van der Waals surface area contributed by atoms with Gasteiger partial charge in [-0.2, -0.15) is 0 Å². The van der Waals surface area contributed by atoms with Crippen molar-refractivity contribution in [3.63, 3.8) is 0 Å². The number of fused-ring (bicyclic) bond motifs is 1. The summed E-state index contributed by atoms with van der Waals surface area (Å²) in [6.07, 6.45) is 0.389. The third-order valence-corrected chi connectivity index (χ3v) is 7.93. The van der Waals surface area contributed by atoms with Crippen molar-refractivity contribution in [1.82, 2.24) is 9.80 Å². The molecule has 1 aliphatic heterocycles. The summed E-state index contributed by atoms with van der Waals surface area (Å²) in [7, 11) is 1.98.